The third kappa shape index (κ3) is 3.67. The highest BCUT2D eigenvalue weighted by molar-refractivity contribution is 5.20. The number of aliphatic hydroxyl groups excluding tert-OH is 5. The van der Waals surface area contributed by atoms with E-state index >= 15 is 0 Å². The molecule has 2 aliphatic carbocycles. The van der Waals surface area contributed by atoms with Crippen molar-refractivity contribution in [3.05, 3.63) is 11.1 Å². The van der Waals surface area contributed by atoms with E-state index in [4.69, 9.17) is 9.47 Å². The fourth-order valence-corrected chi connectivity index (χ4v) is 5.44. The van der Waals surface area contributed by atoms with Crippen LogP contribution >= 0.6 is 0 Å². The summed E-state index contributed by atoms with van der Waals surface area (Å²) in [5.41, 5.74) is 1.68. The van der Waals surface area contributed by atoms with E-state index in [-0.39, 0.29) is 11.3 Å². The molecule has 1 saturated heterocycles. The summed E-state index contributed by atoms with van der Waals surface area (Å²) >= 11 is 0. The molecule has 0 bridgehead atoms. The first-order chi connectivity index (χ1) is 13.0. The topological polar surface area (TPSA) is 120 Å². The maximum absolute atomic E-state index is 10.8. The van der Waals surface area contributed by atoms with Gasteiger partial charge in [0.15, 0.2) is 6.29 Å². The highest BCUT2D eigenvalue weighted by Crippen LogP contribution is 2.57. The maximum atomic E-state index is 10.8. The molecule has 0 spiro atoms. The van der Waals surface area contributed by atoms with E-state index in [0.717, 1.165) is 19.3 Å². The summed E-state index contributed by atoms with van der Waals surface area (Å²) in [7, 11) is 0. The van der Waals surface area contributed by atoms with E-state index in [1.165, 1.54) is 11.1 Å². The molecule has 9 atom stereocenters. The van der Waals surface area contributed by atoms with Crippen molar-refractivity contribution in [1.29, 1.82) is 0 Å². The molecule has 7 heteroatoms. The Morgan fingerprint density at radius 1 is 1.07 bits per heavy atom. The van der Waals surface area contributed by atoms with Crippen molar-refractivity contribution >= 4 is 0 Å². The Balaban J connectivity index is 1.87. The number of rotatable bonds is 3. The van der Waals surface area contributed by atoms with Gasteiger partial charge in [0.25, 0.3) is 0 Å². The molecule has 0 aromatic carbocycles. The van der Waals surface area contributed by atoms with Crippen LogP contribution < -0.4 is 0 Å². The minimum Gasteiger partial charge on any atom is -0.394 e. The van der Waals surface area contributed by atoms with Crippen LogP contribution in [0.15, 0.2) is 11.1 Å². The zero-order chi connectivity index (χ0) is 20.9. The second-order valence-electron chi connectivity index (χ2n) is 9.55. The molecule has 3 rings (SSSR count). The van der Waals surface area contributed by atoms with Gasteiger partial charge in [0.1, 0.15) is 24.4 Å². The lowest BCUT2D eigenvalue weighted by Crippen LogP contribution is -2.64. The Hall–Kier alpha value is -0.540. The molecular formula is C21H36O7. The second kappa shape index (κ2) is 7.95. The number of hydrogen-bond donors (Lipinski definition) is 5. The normalized spacial score (nSPS) is 49.6. The lowest BCUT2D eigenvalue weighted by Gasteiger charge is -2.58. The van der Waals surface area contributed by atoms with Gasteiger partial charge in [0.05, 0.1) is 18.3 Å². The molecule has 0 aromatic heterocycles. The molecule has 5 N–H and O–H groups in total. The number of fused-ring (bicyclic) bond motifs is 1. The number of aliphatic hydroxyl groups is 5. The van der Waals surface area contributed by atoms with Crippen LogP contribution in [0.2, 0.25) is 0 Å². The summed E-state index contributed by atoms with van der Waals surface area (Å²) in [5, 5.41) is 50.8. The molecule has 3 aliphatic rings. The van der Waals surface area contributed by atoms with E-state index in [2.05, 4.69) is 20.8 Å². The highest BCUT2D eigenvalue weighted by Gasteiger charge is 2.57. The average Bonchev–Trinajstić information content (AvgIpc) is 2.65. The van der Waals surface area contributed by atoms with E-state index in [9.17, 15) is 25.5 Å². The molecule has 3 fully saturated rings. The zero-order valence-electron chi connectivity index (χ0n) is 17.3. The smallest absolute Gasteiger partial charge is 0.187 e. The van der Waals surface area contributed by atoms with E-state index in [1.54, 1.807) is 0 Å². The molecular weight excluding hydrogens is 364 g/mol. The van der Waals surface area contributed by atoms with Gasteiger partial charge in [0.2, 0.25) is 0 Å². The molecule has 0 amide bonds. The van der Waals surface area contributed by atoms with Crippen LogP contribution in [0.1, 0.15) is 59.8 Å². The van der Waals surface area contributed by atoms with E-state index in [0.29, 0.717) is 12.8 Å². The minimum absolute atomic E-state index is 0.0229. The molecule has 1 heterocycles. The summed E-state index contributed by atoms with van der Waals surface area (Å²) in [4.78, 5) is 0. The van der Waals surface area contributed by atoms with Crippen LogP contribution in [0.4, 0.5) is 0 Å². The van der Waals surface area contributed by atoms with Crippen molar-refractivity contribution < 1.29 is 35.0 Å². The lowest BCUT2D eigenvalue weighted by atomic mass is 9.53. The van der Waals surface area contributed by atoms with Crippen LogP contribution in [-0.4, -0.2) is 74.6 Å². The van der Waals surface area contributed by atoms with Crippen molar-refractivity contribution in [1.82, 2.24) is 0 Å². The van der Waals surface area contributed by atoms with E-state index < -0.39 is 49.0 Å². The molecule has 2 saturated carbocycles. The van der Waals surface area contributed by atoms with Gasteiger partial charge in [-0.15, -0.1) is 0 Å². The molecule has 28 heavy (non-hydrogen) atoms. The Morgan fingerprint density at radius 2 is 1.75 bits per heavy atom. The molecule has 1 aliphatic heterocycles. The monoisotopic (exact) mass is 400 g/mol. The van der Waals surface area contributed by atoms with Gasteiger partial charge < -0.3 is 35.0 Å². The highest BCUT2D eigenvalue weighted by atomic mass is 16.7. The zero-order valence-corrected chi connectivity index (χ0v) is 17.3. The molecule has 0 radical (unpaired) electrons. The maximum Gasteiger partial charge on any atom is 0.187 e. The lowest BCUT2D eigenvalue weighted by molar-refractivity contribution is -0.342. The molecule has 162 valence electrons. The van der Waals surface area contributed by atoms with Crippen LogP contribution in [0.25, 0.3) is 0 Å². The first-order valence-electron chi connectivity index (χ1n) is 10.3. The molecule has 0 unspecified atom stereocenters. The summed E-state index contributed by atoms with van der Waals surface area (Å²) in [6, 6.07) is 0. The molecule has 0 aromatic rings. The third-order valence-corrected chi connectivity index (χ3v) is 7.57. The van der Waals surface area contributed by atoms with Crippen LogP contribution in [0, 0.1) is 11.3 Å². The van der Waals surface area contributed by atoms with Crippen molar-refractivity contribution in [2.45, 2.75) is 102 Å². The number of allylic oxidation sites excluding steroid dienone is 2. The first-order valence-corrected chi connectivity index (χ1v) is 10.3. The van der Waals surface area contributed by atoms with Crippen molar-refractivity contribution in [3.63, 3.8) is 0 Å². The number of hydrogen-bond acceptors (Lipinski definition) is 7. The quantitative estimate of drug-likeness (QED) is 0.446. The van der Waals surface area contributed by atoms with Gasteiger partial charge in [-0.2, -0.15) is 0 Å². The Bertz CT molecular complexity index is 602. The van der Waals surface area contributed by atoms with Gasteiger partial charge >= 0.3 is 0 Å². The summed E-state index contributed by atoms with van der Waals surface area (Å²) in [6.07, 6.45) is -3.02. The summed E-state index contributed by atoms with van der Waals surface area (Å²) in [6.45, 7) is 7.82. The first kappa shape index (κ1) is 22.2. The van der Waals surface area contributed by atoms with Gasteiger partial charge in [-0.25, -0.2) is 0 Å². The second-order valence-corrected chi connectivity index (χ2v) is 9.55. The predicted molar refractivity (Wildman–Crippen MR) is 102 cm³/mol. The fourth-order valence-electron chi connectivity index (χ4n) is 5.44. The van der Waals surface area contributed by atoms with Gasteiger partial charge in [-0.05, 0) is 64.2 Å². The van der Waals surface area contributed by atoms with Gasteiger partial charge in [-0.1, -0.05) is 18.1 Å². The van der Waals surface area contributed by atoms with Crippen molar-refractivity contribution in [2.24, 2.45) is 11.3 Å². The van der Waals surface area contributed by atoms with Crippen molar-refractivity contribution in [2.75, 3.05) is 6.61 Å². The Labute approximate surface area is 167 Å². The average molecular weight is 401 g/mol. The van der Waals surface area contributed by atoms with Crippen LogP contribution in [0.5, 0.6) is 0 Å². The van der Waals surface area contributed by atoms with Crippen LogP contribution in [-0.2, 0) is 9.47 Å². The van der Waals surface area contributed by atoms with E-state index in [1.807, 2.05) is 6.92 Å². The standard InChI is InChI=1S/C21H36O7/c1-11(2)12-5-7-20(3)14(9-12)21(4,8-6-15(20)23)28-19-18(26)17(25)16(24)13(10-22)27-19/h13-19,22-26H,5-10H2,1-4H3/t13-,14+,15+,16+,17+,18-,19+,20+,21+/m1/s1. The van der Waals surface area contributed by atoms with Crippen LogP contribution in [0.3, 0.4) is 0 Å². The fraction of sp³-hybridized carbons (Fsp3) is 0.905. The Kier molecular flexibility index (Phi) is 6.29. The minimum atomic E-state index is -1.46. The van der Waals surface area contributed by atoms with Gasteiger partial charge in [-0.3, -0.25) is 0 Å². The van der Waals surface area contributed by atoms with Gasteiger partial charge in [0, 0.05) is 0 Å². The Morgan fingerprint density at radius 3 is 2.36 bits per heavy atom. The largest absolute Gasteiger partial charge is 0.394 e. The van der Waals surface area contributed by atoms with Crippen molar-refractivity contribution in [3.8, 4) is 0 Å². The predicted octanol–water partition coefficient (Wildman–Crippen LogP) is 0.859. The summed E-state index contributed by atoms with van der Waals surface area (Å²) in [5.74, 6) is 0.0229. The number of ether oxygens (including phenoxy) is 2. The SMILES string of the molecule is CC(C)=C1CC[C@]2(C)[C@@H](O)CC[C@](C)(O[C@@H]3O[C@H](CO)[C@H](O)[C@H](O)[C@H]3O)[C@H]2C1. The third-order valence-electron chi connectivity index (χ3n) is 7.57. The molecule has 7 nitrogen and oxygen atoms in total. The summed E-state index contributed by atoms with van der Waals surface area (Å²) < 4.78 is 11.9.